The van der Waals surface area contributed by atoms with E-state index in [4.69, 9.17) is 5.73 Å². The number of amides is 1. The molecular formula is C12H21N3O. The highest BCUT2D eigenvalue weighted by molar-refractivity contribution is 5.76. The van der Waals surface area contributed by atoms with Crippen molar-refractivity contribution >= 4 is 5.91 Å². The van der Waals surface area contributed by atoms with Gasteiger partial charge < -0.3 is 15.2 Å². The van der Waals surface area contributed by atoms with Crippen molar-refractivity contribution in [1.29, 1.82) is 0 Å². The molecular weight excluding hydrogens is 202 g/mol. The molecule has 2 N–H and O–H groups in total. The monoisotopic (exact) mass is 223 g/mol. The van der Waals surface area contributed by atoms with Crippen molar-refractivity contribution in [2.75, 3.05) is 13.1 Å². The van der Waals surface area contributed by atoms with Crippen molar-refractivity contribution < 1.29 is 4.79 Å². The minimum absolute atomic E-state index is 0.0421. The number of rotatable bonds is 5. The van der Waals surface area contributed by atoms with Crippen LogP contribution in [0.15, 0.2) is 18.3 Å². The van der Waals surface area contributed by atoms with Gasteiger partial charge in [-0.2, -0.15) is 0 Å². The van der Waals surface area contributed by atoms with Crippen LogP contribution in [0.4, 0.5) is 0 Å². The maximum Gasteiger partial charge on any atom is 0.242 e. The summed E-state index contributed by atoms with van der Waals surface area (Å²) in [6.07, 6.45) is 1.90. The Morgan fingerprint density at radius 2 is 2.12 bits per heavy atom. The number of carbonyl (C=O) groups is 1. The molecule has 4 nitrogen and oxygen atoms in total. The van der Waals surface area contributed by atoms with Gasteiger partial charge in [0.25, 0.3) is 0 Å². The van der Waals surface area contributed by atoms with Gasteiger partial charge in [-0.05, 0) is 32.9 Å². The lowest BCUT2D eigenvalue weighted by Gasteiger charge is -2.20. The van der Waals surface area contributed by atoms with Crippen molar-refractivity contribution in [2.24, 2.45) is 5.73 Å². The second-order valence-corrected chi connectivity index (χ2v) is 3.92. The Kier molecular flexibility index (Phi) is 4.55. The van der Waals surface area contributed by atoms with Crippen molar-refractivity contribution in [2.45, 2.75) is 33.4 Å². The number of nitrogens with two attached hydrogens (primary N) is 1. The molecule has 0 fully saturated rings. The van der Waals surface area contributed by atoms with Crippen LogP contribution in [0.25, 0.3) is 0 Å². The summed E-state index contributed by atoms with van der Waals surface area (Å²) in [7, 11) is 0. The number of hydrogen-bond acceptors (Lipinski definition) is 2. The third-order valence-electron chi connectivity index (χ3n) is 2.75. The molecule has 1 amide bonds. The van der Waals surface area contributed by atoms with Crippen LogP contribution < -0.4 is 5.73 Å². The molecule has 1 aromatic heterocycles. The van der Waals surface area contributed by atoms with E-state index in [1.165, 1.54) is 0 Å². The van der Waals surface area contributed by atoms with Crippen LogP contribution in [-0.4, -0.2) is 28.5 Å². The first-order valence-corrected chi connectivity index (χ1v) is 5.78. The second-order valence-electron chi connectivity index (χ2n) is 3.92. The quantitative estimate of drug-likeness (QED) is 0.819. The molecule has 1 unspecified atom stereocenters. The smallest absolute Gasteiger partial charge is 0.242 e. The van der Waals surface area contributed by atoms with Gasteiger partial charge in [0.1, 0.15) is 6.54 Å². The van der Waals surface area contributed by atoms with Crippen molar-refractivity contribution in [3.63, 3.8) is 0 Å². The Morgan fingerprint density at radius 1 is 1.50 bits per heavy atom. The summed E-state index contributed by atoms with van der Waals surface area (Å²) in [5.74, 6) is 0.142. The molecule has 1 atom stereocenters. The summed E-state index contributed by atoms with van der Waals surface area (Å²) in [6.45, 7) is 7.79. The molecule has 0 radical (unpaired) electrons. The molecule has 0 aromatic carbocycles. The first kappa shape index (κ1) is 12.8. The molecule has 0 saturated heterocycles. The van der Waals surface area contributed by atoms with E-state index in [-0.39, 0.29) is 11.9 Å². The molecule has 0 aliphatic carbocycles. The standard InChI is InChI=1S/C12H21N3O/c1-4-14(5-2)12(16)9-15-8-6-7-11(15)10(3)13/h6-8,10H,4-5,9,13H2,1-3H3. The van der Waals surface area contributed by atoms with Crippen LogP contribution in [-0.2, 0) is 11.3 Å². The van der Waals surface area contributed by atoms with Crippen molar-refractivity contribution in [1.82, 2.24) is 9.47 Å². The predicted molar refractivity (Wildman–Crippen MR) is 65.0 cm³/mol. The maximum absolute atomic E-state index is 11.9. The lowest BCUT2D eigenvalue weighted by molar-refractivity contribution is -0.131. The number of nitrogens with zero attached hydrogens (tertiary/aromatic N) is 2. The minimum atomic E-state index is -0.0421. The van der Waals surface area contributed by atoms with Crippen LogP contribution in [0.5, 0.6) is 0 Å². The van der Waals surface area contributed by atoms with Gasteiger partial charge in [0.15, 0.2) is 0 Å². The zero-order valence-electron chi connectivity index (χ0n) is 10.3. The average molecular weight is 223 g/mol. The Bertz CT molecular complexity index is 340. The van der Waals surface area contributed by atoms with E-state index in [2.05, 4.69) is 0 Å². The van der Waals surface area contributed by atoms with E-state index in [0.29, 0.717) is 6.54 Å². The van der Waals surface area contributed by atoms with Gasteiger partial charge >= 0.3 is 0 Å². The number of hydrogen-bond donors (Lipinski definition) is 1. The van der Waals surface area contributed by atoms with Crippen LogP contribution in [0.3, 0.4) is 0 Å². The van der Waals surface area contributed by atoms with Crippen molar-refractivity contribution in [3.8, 4) is 0 Å². The van der Waals surface area contributed by atoms with Crippen LogP contribution in [0.1, 0.15) is 32.5 Å². The maximum atomic E-state index is 11.9. The Labute approximate surface area is 97.0 Å². The van der Waals surface area contributed by atoms with E-state index in [1.807, 2.05) is 48.6 Å². The average Bonchev–Trinajstić information content (AvgIpc) is 2.67. The normalized spacial score (nSPS) is 12.5. The highest BCUT2D eigenvalue weighted by atomic mass is 16.2. The zero-order chi connectivity index (χ0) is 12.1. The first-order valence-electron chi connectivity index (χ1n) is 5.78. The van der Waals surface area contributed by atoms with E-state index in [0.717, 1.165) is 18.8 Å². The highest BCUT2D eigenvalue weighted by Crippen LogP contribution is 2.10. The summed E-state index contributed by atoms with van der Waals surface area (Å²) < 4.78 is 1.92. The fourth-order valence-electron chi connectivity index (χ4n) is 1.81. The van der Waals surface area contributed by atoms with Crippen LogP contribution >= 0.6 is 0 Å². The second kappa shape index (κ2) is 5.70. The molecule has 1 aromatic rings. The van der Waals surface area contributed by atoms with Gasteiger partial charge in [-0.3, -0.25) is 4.79 Å². The molecule has 0 saturated carbocycles. The van der Waals surface area contributed by atoms with Gasteiger partial charge in [0, 0.05) is 31.0 Å². The van der Waals surface area contributed by atoms with Gasteiger partial charge in [-0.1, -0.05) is 0 Å². The Hall–Kier alpha value is -1.29. The van der Waals surface area contributed by atoms with E-state index in [1.54, 1.807) is 0 Å². The van der Waals surface area contributed by atoms with E-state index in [9.17, 15) is 4.79 Å². The first-order chi connectivity index (χ1) is 7.60. The summed E-state index contributed by atoms with van der Waals surface area (Å²) in [6, 6.07) is 3.84. The third-order valence-corrected chi connectivity index (χ3v) is 2.75. The highest BCUT2D eigenvalue weighted by Gasteiger charge is 2.12. The molecule has 1 rings (SSSR count). The number of aromatic nitrogens is 1. The fourth-order valence-corrected chi connectivity index (χ4v) is 1.81. The SMILES string of the molecule is CCN(CC)C(=O)Cn1cccc1C(C)N. The van der Waals surface area contributed by atoms with Crippen LogP contribution in [0, 0.1) is 0 Å². The molecule has 0 bridgehead atoms. The molecule has 0 spiro atoms. The predicted octanol–water partition coefficient (Wildman–Crippen LogP) is 1.38. The lowest BCUT2D eigenvalue weighted by atomic mass is 10.2. The fraction of sp³-hybridized carbons (Fsp3) is 0.583. The Morgan fingerprint density at radius 3 is 2.62 bits per heavy atom. The molecule has 1 heterocycles. The minimum Gasteiger partial charge on any atom is -0.342 e. The van der Waals surface area contributed by atoms with Gasteiger partial charge in [-0.15, -0.1) is 0 Å². The van der Waals surface area contributed by atoms with Gasteiger partial charge in [0.05, 0.1) is 0 Å². The zero-order valence-corrected chi connectivity index (χ0v) is 10.3. The number of likely N-dealkylation sites (N-methyl/N-ethyl adjacent to an activating group) is 1. The summed E-state index contributed by atoms with van der Waals surface area (Å²) in [4.78, 5) is 13.7. The third kappa shape index (κ3) is 2.85. The van der Waals surface area contributed by atoms with E-state index < -0.39 is 0 Å². The van der Waals surface area contributed by atoms with Gasteiger partial charge in [-0.25, -0.2) is 0 Å². The number of carbonyl (C=O) groups excluding carboxylic acids is 1. The lowest BCUT2D eigenvalue weighted by Crippen LogP contribution is -2.33. The largest absolute Gasteiger partial charge is 0.342 e. The molecule has 90 valence electrons. The van der Waals surface area contributed by atoms with Gasteiger partial charge in [0.2, 0.25) is 5.91 Å². The van der Waals surface area contributed by atoms with Crippen molar-refractivity contribution in [3.05, 3.63) is 24.0 Å². The molecule has 16 heavy (non-hydrogen) atoms. The summed E-state index contributed by atoms with van der Waals surface area (Å²) in [5, 5.41) is 0. The molecule has 4 heteroatoms. The van der Waals surface area contributed by atoms with E-state index >= 15 is 0 Å². The molecule has 0 aliphatic rings. The van der Waals surface area contributed by atoms with Crippen LogP contribution in [0.2, 0.25) is 0 Å². The summed E-state index contributed by atoms with van der Waals surface area (Å²) >= 11 is 0. The molecule has 0 aliphatic heterocycles. The summed E-state index contributed by atoms with van der Waals surface area (Å²) in [5.41, 5.74) is 6.83. The Balaban J connectivity index is 2.72. The topological polar surface area (TPSA) is 51.3 Å².